The molecule has 0 rings (SSSR count). The highest BCUT2D eigenvalue weighted by molar-refractivity contribution is 8.13. The highest BCUT2D eigenvalue weighted by Crippen LogP contribution is 1.97. The highest BCUT2D eigenvalue weighted by atomic mass is 35.7. The molecular formula is C5H12ClNO4S2. The van der Waals surface area contributed by atoms with Gasteiger partial charge in [0.25, 0.3) is 0 Å². The summed E-state index contributed by atoms with van der Waals surface area (Å²) in [7, 11) is -2.14. The minimum atomic E-state index is -3.63. The van der Waals surface area contributed by atoms with Crippen LogP contribution in [0.3, 0.4) is 0 Å². The second-order valence-electron chi connectivity index (χ2n) is 2.73. The molecule has 0 aliphatic rings. The minimum Gasteiger partial charge on any atom is -0.214 e. The standard InChI is InChI=1S/C5H12ClNO4S2/c1-5(2)13(10,11)7-3-4-12(6,8)9/h5,7H,3-4H2,1-2H3. The Morgan fingerprint density at radius 3 is 2.00 bits per heavy atom. The molecule has 0 radical (unpaired) electrons. The fourth-order valence-corrected chi connectivity index (χ4v) is 1.90. The molecule has 0 aromatic heterocycles. The summed E-state index contributed by atoms with van der Waals surface area (Å²) < 4.78 is 45.1. The number of rotatable bonds is 5. The molecule has 0 saturated heterocycles. The first-order valence-corrected chi connectivity index (χ1v) is 7.58. The summed E-state index contributed by atoms with van der Waals surface area (Å²) in [5.74, 6) is -0.402. The van der Waals surface area contributed by atoms with E-state index in [-0.39, 0.29) is 6.54 Å². The van der Waals surface area contributed by atoms with Crippen molar-refractivity contribution in [1.82, 2.24) is 4.72 Å². The van der Waals surface area contributed by atoms with Crippen molar-refractivity contribution in [3.63, 3.8) is 0 Å². The molecule has 0 aromatic carbocycles. The lowest BCUT2D eigenvalue weighted by atomic mass is 10.6. The summed E-state index contributed by atoms with van der Waals surface area (Å²) in [4.78, 5) is 0. The predicted molar refractivity (Wildman–Crippen MR) is 51.7 cm³/mol. The zero-order chi connectivity index (χ0) is 10.7. The predicted octanol–water partition coefficient (Wildman–Crippen LogP) is -0.117. The molecule has 0 amide bonds. The first-order chi connectivity index (χ1) is 5.65. The summed E-state index contributed by atoms with van der Waals surface area (Å²) >= 11 is 0. The summed E-state index contributed by atoms with van der Waals surface area (Å²) in [6, 6.07) is 0. The van der Waals surface area contributed by atoms with Crippen molar-refractivity contribution in [2.75, 3.05) is 12.3 Å². The number of hydrogen-bond acceptors (Lipinski definition) is 4. The first-order valence-electron chi connectivity index (χ1n) is 3.56. The van der Waals surface area contributed by atoms with Crippen molar-refractivity contribution in [2.24, 2.45) is 0 Å². The fourth-order valence-electron chi connectivity index (χ4n) is 0.473. The third-order valence-electron chi connectivity index (χ3n) is 1.27. The van der Waals surface area contributed by atoms with Crippen molar-refractivity contribution >= 4 is 29.8 Å². The van der Waals surface area contributed by atoms with Crippen molar-refractivity contribution < 1.29 is 16.8 Å². The van der Waals surface area contributed by atoms with Crippen LogP contribution in [0.5, 0.6) is 0 Å². The van der Waals surface area contributed by atoms with Crippen molar-refractivity contribution in [1.29, 1.82) is 0 Å². The van der Waals surface area contributed by atoms with Crippen molar-refractivity contribution in [3.05, 3.63) is 0 Å². The Hall–Kier alpha value is 0.150. The monoisotopic (exact) mass is 249 g/mol. The summed E-state index contributed by atoms with van der Waals surface area (Å²) in [5.41, 5.74) is 0. The zero-order valence-electron chi connectivity index (χ0n) is 7.32. The maximum Gasteiger partial charge on any atom is 0.233 e. The SMILES string of the molecule is CC(C)S(=O)(=O)NCCS(=O)(=O)Cl. The van der Waals surface area contributed by atoms with Gasteiger partial charge in [0.1, 0.15) is 0 Å². The molecule has 0 aliphatic carbocycles. The number of halogens is 1. The van der Waals surface area contributed by atoms with Gasteiger partial charge < -0.3 is 0 Å². The smallest absolute Gasteiger partial charge is 0.214 e. The average molecular weight is 250 g/mol. The first kappa shape index (κ1) is 13.2. The molecule has 8 heteroatoms. The van der Waals surface area contributed by atoms with Gasteiger partial charge in [-0.1, -0.05) is 0 Å². The maximum atomic E-state index is 11.1. The van der Waals surface area contributed by atoms with Gasteiger partial charge in [0.15, 0.2) is 0 Å². The largest absolute Gasteiger partial charge is 0.233 e. The van der Waals surface area contributed by atoms with Crippen LogP contribution in [0.4, 0.5) is 0 Å². The molecule has 5 nitrogen and oxygen atoms in total. The lowest BCUT2D eigenvalue weighted by Crippen LogP contribution is -2.33. The Morgan fingerprint density at radius 2 is 1.69 bits per heavy atom. The van der Waals surface area contributed by atoms with Crippen LogP contribution >= 0.6 is 10.7 Å². The Bertz CT molecular complexity index is 345. The molecule has 0 saturated carbocycles. The van der Waals surface area contributed by atoms with E-state index in [4.69, 9.17) is 10.7 Å². The van der Waals surface area contributed by atoms with Gasteiger partial charge in [-0.2, -0.15) is 0 Å². The van der Waals surface area contributed by atoms with Crippen molar-refractivity contribution in [2.45, 2.75) is 19.1 Å². The number of sulfonamides is 1. The normalized spacial score (nSPS) is 13.5. The number of hydrogen-bond donors (Lipinski definition) is 1. The molecule has 0 aromatic rings. The van der Waals surface area contributed by atoms with Gasteiger partial charge in [0, 0.05) is 17.2 Å². The molecular weight excluding hydrogens is 238 g/mol. The third kappa shape index (κ3) is 6.25. The van der Waals surface area contributed by atoms with E-state index < -0.39 is 30.1 Å². The molecule has 13 heavy (non-hydrogen) atoms. The quantitative estimate of drug-likeness (QED) is 0.689. The Morgan fingerprint density at radius 1 is 1.23 bits per heavy atom. The molecule has 0 unspecified atom stereocenters. The Kier molecular flexibility index (Phi) is 4.64. The van der Waals surface area contributed by atoms with E-state index in [0.29, 0.717) is 0 Å². The van der Waals surface area contributed by atoms with Gasteiger partial charge in [-0.15, -0.1) is 0 Å². The van der Waals surface area contributed by atoms with Gasteiger partial charge >= 0.3 is 0 Å². The van der Waals surface area contributed by atoms with Crippen LogP contribution in [-0.2, 0) is 19.1 Å². The molecule has 0 fully saturated rings. The van der Waals surface area contributed by atoms with E-state index in [9.17, 15) is 16.8 Å². The molecule has 1 N–H and O–H groups in total. The lowest BCUT2D eigenvalue weighted by Gasteiger charge is -2.07. The molecule has 0 aliphatic heterocycles. The van der Waals surface area contributed by atoms with Gasteiger partial charge in [-0.05, 0) is 13.8 Å². The van der Waals surface area contributed by atoms with Gasteiger partial charge in [-0.25, -0.2) is 21.6 Å². The average Bonchev–Trinajstić information content (AvgIpc) is 1.82. The highest BCUT2D eigenvalue weighted by Gasteiger charge is 2.15. The van der Waals surface area contributed by atoms with E-state index in [1.165, 1.54) is 13.8 Å². The van der Waals surface area contributed by atoms with Crippen LogP contribution in [0, 0.1) is 0 Å². The maximum absolute atomic E-state index is 11.1. The molecule has 80 valence electrons. The summed E-state index contributed by atoms with van der Waals surface area (Å²) in [6.07, 6.45) is 0. The summed E-state index contributed by atoms with van der Waals surface area (Å²) in [5, 5.41) is -0.578. The lowest BCUT2D eigenvalue weighted by molar-refractivity contribution is 0.574. The van der Waals surface area contributed by atoms with E-state index in [2.05, 4.69) is 4.72 Å². The van der Waals surface area contributed by atoms with Gasteiger partial charge in [-0.3, -0.25) is 0 Å². The minimum absolute atomic E-state index is 0.188. The van der Waals surface area contributed by atoms with Crippen LogP contribution in [-0.4, -0.2) is 34.4 Å². The number of nitrogens with one attached hydrogen (secondary N) is 1. The van der Waals surface area contributed by atoms with E-state index in [1.807, 2.05) is 0 Å². The molecule has 0 spiro atoms. The Labute approximate surface area is 82.9 Å². The van der Waals surface area contributed by atoms with Crippen LogP contribution < -0.4 is 4.72 Å². The zero-order valence-corrected chi connectivity index (χ0v) is 9.71. The topological polar surface area (TPSA) is 80.3 Å². The molecule has 0 bridgehead atoms. The van der Waals surface area contributed by atoms with E-state index >= 15 is 0 Å². The van der Waals surface area contributed by atoms with Gasteiger partial charge in [0.2, 0.25) is 19.1 Å². The van der Waals surface area contributed by atoms with Crippen LogP contribution in [0.1, 0.15) is 13.8 Å². The third-order valence-corrected chi connectivity index (χ3v) is 4.27. The second kappa shape index (κ2) is 4.59. The van der Waals surface area contributed by atoms with E-state index in [1.54, 1.807) is 0 Å². The van der Waals surface area contributed by atoms with E-state index in [0.717, 1.165) is 0 Å². The summed E-state index contributed by atoms with van der Waals surface area (Å²) in [6.45, 7) is 2.81. The van der Waals surface area contributed by atoms with Gasteiger partial charge in [0.05, 0.1) is 11.0 Å². The fraction of sp³-hybridized carbons (Fsp3) is 1.00. The molecule has 0 atom stereocenters. The Balaban J connectivity index is 4.07. The van der Waals surface area contributed by atoms with Crippen LogP contribution in [0.25, 0.3) is 0 Å². The van der Waals surface area contributed by atoms with Crippen molar-refractivity contribution in [3.8, 4) is 0 Å². The van der Waals surface area contributed by atoms with Crippen LogP contribution in [0.15, 0.2) is 0 Å². The second-order valence-corrected chi connectivity index (χ2v) is 7.95. The van der Waals surface area contributed by atoms with Crippen LogP contribution in [0.2, 0.25) is 0 Å². The molecule has 0 heterocycles.